The number of carbonyl (C=O) groups excluding carboxylic acids is 1. The summed E-state index contributed by atoms with van der Waals surface area (Å²) in [7, 11) is 0. The Hall–Kier alpha value is -1.13. The van der Waals surface area contributed by atoms with Gasteiger partial charge in [-0.25, -0.2) is 4.39 Å². The van der Waals surface area contributed by atoms with Gasteiger partial charge in [0, 0.05) is 0 Å². The van der Waals surface area contributed by atoms with Gasteiger partial charge in [-0.3, -0.25) is 0 Å². The molecule has 0 aromatic heterocycles. The average Bonchev–Trinajstić information content (AvgIpc) is 2.23. The number of carboxylic acid groups (broad SMARTS) is 1. The highest BCUT2D eigenvalue weighted by atomic mass is 35.5. The van der Waals surface area contributed by atoms with E-state index in [1.807, 2.05) is 6.92 Å². The van der Waals surface area contributed by atoms with Gasteiger partial charge in [-0.15, -0.1) is 0 Å². The quantitative estimate of drug-likeness (QED) is 0.783. The molecule has 0 fully saturated rings. The maximum atomic E-state index is 13.5. The third-order valence-corrected chi connectivity index (χ3v) is 2.84. The molecule has 0 bridgehead atoms. The lowest BCUT2D eigenvalue weighted by Gasteiger charge is -2.20. The maximum absolute atomic E-state index is 13.5. The maximum Gasteiger partial charge on any atom is 0.133 e. The van der Waals surface area contributed by atoms with Crippen LogP contribution in [0.2, 0.25) is 5.02 Å². The van der Waals surface area contributed by atoms with Crippen molar-refractivity contribution in [2.24, 2.45) is 0 Å². The van der Waals surface area contributed by atoms with Crippen LogP contribution in [-0.4, -0.2) is 19.1 Å². The van der Waals surface area contributed by atoms with Gasteiger partial charge >= 0.3 is 0 Å². The molecule has 0 saturated carbocycles. The average molecular weight is 260 g/mol. The zero-order chi connectivity index (χ0) is 12.8. The molecule has 0 spiro atoms. The summed E-state index contributed by atoms with van der Waals surface area (Å²) in [6.45, 7) is 2.70. The second-order valence-corrected chi connectivity index (χ2v) is 4.33. The molecular weight excluding hydrogens is 245 g/mol. The van der Waals surface area contributed by atoms with Crippen molar-refractivity contribution in [2.75, 3.05) is 13.1 Å². The number of hydrogen-bond donors (Lipinski definition) is 1. The Balaban J connectivity index is 2.81. The highest BCUT2D eigenvalue weighted by Crippen LogP contribution is 2.17. The molecule has 1 unspecified atom stereocenters. The van der Waals surface area contributed by atoms with Crippen LogP contribution in [0.25, 0.3) is 0 Å². The molecule has 1 aromatic rings. The number of aliphatic carboxylic acids is 1. The highest BCUT2D eigenvalue weighted by molar-refractivity contribution is 6.31. The zero-order valence-electron chi connectivity index (χ0n) is 9.63. The van der Waals surface area contributed by atoms with Crippen LogP contribution in [0.1, 0.15) is 18.9 Å². The molecule has 3 nitrogen and oxygen atoms in total. The van der Waals surface area contributed by atoms with Crippen molar-refractivity contribution in [1.82, 2.24) is 0 Å². The number of halogens is 2. The third-order valence-electron chi connectivity index (χ3n) is 2.49. The van der Waals surface area contributed by atoms with E-state index >= 15 is 0 Å². The minimum absolute atomic E-state index is 0.140. The lowest BCUT2D eigenvalue weighted by atomic mass is 10.2. The third kappa shape index (κ3) is 4.32. The van der Waals surface area contributed by atoms with Crippen molar-refractivity contribution in [3.63, 3.8) is 0 Å². The van der Waals surface area contributed by atoms with Crippen LogP contribution in [0, 0.1) is 5.82 Å². The van der Waals surface area contributed by atoms with E-state index in [4.69, 9.17) is 11.6 Å². The summed E-state index contributed by atoms with van der Waals surface area (Å²) in [4.78, 5) is 11.3. The molecule has 5 heteroatoms. The van der Waals surface area contributed by atoms with E-state index in [0.717, 1.165) is 11.3 Å². The van der Waals surface area contributed by atoms with Gasteiger partial charge < -0.3 is 14.8 Å². The summed E-state index contributed by atoms with van der Waals surface area (Å²) in [5.41, 5.74) is 0.360. The first-order valence-electron chi connectivity index (χ1n) is 5.51. The Kier molecular flexibility index (Phi) is 5.38. The number of carboxylic acids is 1. The van der Waals surface area contributed by atoms with Crippen molar-refractivity contribution < 1.29 is 19.2 Å². The minimum Gasteiger partial charge on any atom is -0.544 e. The number of benzene rings is 1. The molecule has 0 aliphatic heterocycles. The Morgan fingerprint density at radius 1 is 1.53 bits per heavy atom. The summed E-state index contributed by atoms with van der Waals surface area (Å²) < 4.78 is 13.5. The van der Waals surface area contributed by atoms with E-state index < -0.39 is 11.8 Å². The Bertz CT molecular complexity index is 378. The molecule has 1 N–H and O–H groups in total. The van der Waals surface area contributed by atoms with Crippen LogP contribution in [0.4, 0.5) is 4.39 Å². The van der Waals surface area contributed by atoms with Crippen LogP contribution in [0.5, 0.6) is 0 Å². The number of hydrogen-bond acceptors (Lipinski definition) is 2. The molecule has 1 rings (SSSR count). The summed E-state index contributed by atoms with van der Waals surface area (Å²) in [6.07, 6.45) is 0.814. The van der Waals surface area contributed by atoms with Gasteiger partial charge in [-0.2, -0.15) is 0 Å². The zero-order valence-corrected chi connectivity index (χ0v) is 10.4. The van der Waals surface area contributed by atoms with E-state index in [0.29, 0.717) is 17.1 Å². The van der Waals surface area contributed by atoms with Gasteiger partial charge in [-0.1, -0.05) is 24.6 Å². The number of quaternary nitrogens is 1. The molecule has 1 aromatic carbocycles. The largest absolute Gasteiger partial charge is 0.544 e. The van der Waals surface area contributed by atoms with Gasteiger partial charge in [-0.05, 0) is 18.6 Å². The van der Waals surface area contributed by atoms with E-state index in [2.05, 4.69) is 0 Å². The predicted molar refractivity (Wildman–Crippen MR) is 61.1 cm³/mol. The Labute approximate surface area is 105 Å². The van der Waals surface area contributed by atoms with Crippen LogP contribution >= 0.6 is 11.6 Å². The monoisotopic (exact) mass is 259 g/mol. The summed E-state index contributed by atoms with van der Waals surface area (Å²) in [5, 5.41) is 10.9. The van der Waals surface area contributed by atoms with Crippen molar-refractivity contribution in [3.8, 4) is 0 Å². The lowest BCUT2D eigenvalue weighted by Crippen LogP contribution is -3.12. The summed E-state index contributed by atoms with van der Waals surface area (Å²) in [5.74, 6) is -1.54. The molecule has 0 aliphatic carbocycles. The molecule has 94 valence electrons. The van der Waals surface area contributed by atoms with Crippen molar-refractivity contribution in [3.05, 3.63) is 34.6 Å². The number of carbonyl (C=O) groups is 1. The fourth-order valence-corrected chi connectivity index (χ4v) is 1.98. The fraction of sp³-hybridized carbons (Fsp3) is 0.417. The van der Waals surface area contributed by atoms with E-state index in [-0.39, 0.29) is 13.1 Å². The molecular formula is C12H15ClFNO2. The second-order valence-electron chi connectivity index (χ2n) is 3.93. The van der Waals surface area contributed by atoms with Crippen molar-refractivity contribution in [2.45, 2.75) is 19.9 Å². The molecule has 0 amide bonds. The predicted octanol–water partition coefficient (Wildman–Crippen LogP) is 0.0239. The minimum atomic E-state index is -1.14. The van der Waals surface area contributed by atoms with Crippen LogP contribution in [0.15, 0.2) is 18.2 Å². The molecule has 0 heterocycles. The van der Waals surface area contributed by atoms with Crippen molar-refractivity contribution >= 4 is 17.6 Å². The molecule has 17 heavy (non-hydrogen) atoms. The van der Waals surface area contributed by atoms with Gasteiger partial charge in [0.15, 0.2) is 0 Å². The van der Waals surface area contributed by atoms with Gasteiger partial charge in [0.2, 0.25) is 0 Å². The van der Waals surface area contributed by atoms with E-state index in [1.165, 1.54) is 12.1 Å². The van der Waals surface area contributed by atoms with E-state index in [9.17, 15) is 14.3 Å². The first kappa shape index (κ1) is 13.9. The highest BCUT2D eigenvalue weighted by Gasteiger charge is 2.15. The molecule has 0 aliphatic rings. The lowest BCUT2D eigenvalue weighted by molar-refractivity contribution is -0.908. The number of rotatable bonds is 6. The van der Waals surface area contributed by atoms with Crippen LogP contribution < -0.4 is 10.0 Å². The van der Waals surface area contributed by atoms with Crippen molar-refractivity contribution in [1.29, 1.82) is 0 Å². The van der Waals surface area contributed by atoms with Crippen LogP contribution in [0.3, 0.4) is 0 Å². The Morgan fingerprint density at radius 2 is 2.24 bits per heavy atom. The molecule has 1 atom stereocenters. The molecule has 0 saturated heterocycles. The van der Waals surface area contributed by atoms with Gasteiger partial charge in [0.05, 0.1) is 23.1 Å². The topological polar surface area (TPSA) is 44.6 Å². The smallest absolute Gasteiger partial charge is 0.133 e. The van der Waals surface area contributed by atoms with Gasteiger partial charge in [0.25, 0.3) is 0 Å². The second kappa shape index (κ2) is 6.57. The summed E-state index contributed by atoms with van der Waals surface area (Å²) in [6, 6.07) is 4.45. The van der Waals surface area contributed by atoms with E-state index in [1.54, 1.807) is 6.07 Å². The normalized spacial score (nSPS) is 12.4. The standard InChI is InChI=1S/C12H15ClFNO2/c1-2-6-15(8-12(16)17)7-9-10(13)4-3-5-11(9)14/h3-5H,2,6-8H2,1H3,(H,16,17). The first-order chi connectivity index (χ1) is 8.04. The molecule has 0 radical (unpaired) electrons. The number of nitrogens with one attached hydrogen (secondary N) is 1. The fourth-order valence-electron chi connectivity index (χ4n) is 1.75. The first-order valence-corrected chi connectivity index (χ1v) is 5.88. The Morgan fingerprint density at radius 3 is 2.76 bits per heavy atom. The van der Waals surface area contributed by atoms with Crippen LogP contribution in [-0.2, 0) is 11.3 Å². The summed E-state index contributed by atoms with van der Waals surface area (Å²) >= 11 is 5.89. The SMILES string of the molecule is CCC[NH+](CC(=O)[O-])Cc1c(F)cccc1Cl. The van der Waals surface area contributed by atoms with Gasteiger partial charge in [0.1, 0.15) is 18.9 Å².